The first-order valence-corrected chi connectivity index (χ1v) is 6.63. The van der Waals surface area contributed by atoms with Gasteiger partial charge in [-0.05, 0) is 49.6 Å². The van der Waals surface area contributed by atoms with E-state index in [-0.39, 0.29) is 11.6 Å². The van der Waals surface area contributed by atoms with Crippen LogP contribution in [0.3, 0.4) is 0 Å². The van der Waals surface area contributed by atoms with Gasteiger partial charge in [0.2, 0.25) is 0 Å². The largest absolute Gasteiger partial charge is 0.314 e. The molecule has 2 nitrogen and oxygen atoms in total. The van der Waals surface area contributed by atoms with Crippen molar-refractivity contribution in [1.29, 1.82) is 0 Å². The first-order chi connectivity index (χ1) is 8.75. The van der Waals surface area contributed by atoms with Gasteiger partial charge in [-0.2, -0.15) is 0 Å². The molecular formula is C14H20F2N2. The zero-order chi connectivity index (χ0) is 12.8. The van der Waals surface area contributed by atoms with E-state index in [1.165, 1.54) is 18.2 Å². The van der Waals surface area contributed by atoms with E-state index in [4.69, 9.17) is 0 Å². The summed E-state index contributed by atoms with van der Waals surface area (Å²) in [6, 6.07) is 3.68. The van der Waals surface area contributed by atoms with E-state index in [0.29, 0.717) is 12.0 Å². The third-order valence-corrected chi connectivity index (χ3v) is 3.39. The second-order valence-corrected chi connectivity index (χ2v) is 4.78. The predicted molar refractivity (Wildman–Crippen MR) is 68.6 cm³/mol. The van der Waals surface area contributed by atoms with Crippen LogP contribution < -0.4 is 5.32 Å². The number of hydrogen-bond donors (Lipinski definition) is 1. The fraction of sp³-hybridized carbons (Fsp3) is 0.571. The van der Waals surface area contributed by atoms with Crippen LogP contribution in [0, 0.1) is 11.6 Å². The van der Waals surface area contributed by atoms with E-state index < -0.39 is 0 Å². The lowest BCUT2D eigenvalue weighted by Crippen LogP contribution is -2.43. The monoisotopic (exact) mass is 254 g/mol. The van der Waals surface area contributed by atoms with Gasteiger partial charge < -0.3 is 10.2 Å². The topological polar surface area (TPSA) is 15.3 Å². The van der Waals surface area contributed by atoms with E-state index in [1.807, 2.05) is 0 Å². The molecule has 1 fully saturated rings. The predicted octanol–water partition coefficient (Wildman–Crippen LogP) is 2.19. The zero-order valence-corrected chi connectivity index (χ0v) is 10.6. The van der Waals surface area contributed by atoms with E-state index >= 15 is 0 Å². The maximum atomic E-state index is 13.4. The van der Waals surface area contributed by atoms with E-state index in [2.05, 4.69) is 10.2 Å². The molecule has 1 heterocycles. The molecular weight excluding hydrogens is 234 g/mol. The van der Waals surface area contributed by atoms with Gasteiger partial charge in [0.15, 0.2) is 0 Å². The summed E-state index contributed by atoms with van der Waals surface area (Å²) in [5, 5.41) is 3.31. The summed E-state index contributed by atoms with van der Waals surface area (Å²) >= 11 is 0. The summed E-state index contributed by atoms with van der Waals surface area (Å²) in [5.74, 6) is -0.646. The Labute approximate surface area is 107 Å². The zero-order valence-electron chi connectivity index (χ0n) is 10.6. The van der Waals surface area contributed by atoms with Gasteiger partial charge in [-0.15, -0.1) is 0 Å². The van der Waals surface area contributed by atoms with Gasteiger partial charge in [-0.3, -0.25) is 0 Å². The van der Waals surface area contributed by atoms with Crippen LogP contribution in [0.2, 0.25) is 0 Å². The molecule has 0 spiro atoms. The summed E-state index contributed by atoms with van der Waals surface area (Å²) in [6.07, 6.45) is 2.57. The summed E-state index contributed by atoms with van der Waals surface area (Å²) in [5.41, 5.74) is 0.496. The minimum atomic E-state index is -0.353. The standard InChI is InChI=1S/C14H20F2N2/c15-13-4-5-14(16)12(11-13)3-1-2-8-18-9-6-17-7-10-18/h4-5,11,17H,1-3,6-10H2. The highest BCUT2D eigenvalue weighted by molar-refractivity contribution is 5.18. The van der Waals surface area contributed by atoms with E-state index in [9.17, 15) is 8.78 Å². The quantitative estimate of drug-likeness (QED) is 0.810. The molecule has 0 radical (unpaired) electrons. The molecule has 1 aliphatic rings. The Balaban J connectivity index is 1.69. The first-order valence-electron chi connectivity index (χ1n) is 6.63. The molecule has 0 aliphatic carbocycles. The lowest BCUT2D eigenvalue weighted by molar-refractivity contribution is 0.237. The number of rotatable bonds is 5. The van der Waals surface area contributed by atoms with Crippen molar-refractivity contribution in [3.05, 3.63) is 35.4 Å². The summed E-state index contributed by atoms with van der Waals surface area (Å²) in [4.78, 5) is 2.42. The smallest absolute Gasteiger partial charge is 0.126 e. The molecule has 2 rings (SSSR count). The molecule has 0 saturated carbocycles. The van der Waals surface area contributed by atoms with Crippen molar-refractivity contribution in [2.45, 2.75) is 19.3 Å². The maximum Gasteiger partial charge on any atom is 0.126 e. The molecule has 1 N–H and O–H groups in total. The normalized spacial score (nSPS) is 17.0. The average molecular weight is 254 g/mol. The Morgan fingerprint density at radius 2 is 1.89 bits per heavy atom. The molecule has 100 valence electrons. The van der Waals surface area contributed by atoms with Crippen LogP contribution in [0.25, 0.3) is 0 Å². The Morgan fingerprint density at radius 3 is 2.67 bits per heavy atom. The minimum Gasteiger partial charge on any atom is -0.314 e. The van der Waals surface area contributed by atoms with Crippen LogP contribution in [0.5, 0.6) is 0 Å². The van der Waals surface area contributed by atoms with Crippen LogP contribution in [-0.4, -0.2) is 37.6 Å². The van der Waals surface area contributed by atoms with Crippen molar-refractivity contribution in [1.82, 2.24) is 10.2 Å². The molecule has 18 heavy (non-hydrogen) atoms. The van der Waals surface area contributed by atoms with Crippen molar-refractivity contribution < 1.29 is 8.78 Å². The molecule has 1 saturated heterocycles. The molecule has 0 amide bonds. The number of hydrogen-bond acceptors (Lipinski definition) is 2. The van der Waals surface area contributed by atoms with Crippen molar-refractivity contribution in [3.8, 4) is 0 Å². The Hall–Kier alpha value is -1.00. The second-order valence-electron chi connectivity index (χ2n) is 4.78. The fourth-order valence-electron chi connectivity index (χ4n) is 2.32. The third-order valence-electron chi connectivity index (χ3n) is 3.39. The molecule has 0 aromatic heterocycles. The van der Waals surface area contributed by atoms with Crippen LogP contribution in [0.15, 0.2) is 18.2 Å². The van der Waals surface area contributed by atoms with Gasteiger partial charge in [0.05, 0.1) is 0 Å². The maximum absolute atomic E-state index is 13.4. The van der Waals surface area contributed by atoms with Gasteiger partial charge in [0.25, 0.3) is 0 Å². The minimum absolute atomic E-state index is 0.293. The van der Waals surface area contributed by atoms with Crippen LogP contribution in [-0.2, 0) is 6.42 Å². The number of nitrogens with zero attached hydrogens (tertiary/aromatic N) is 1. The summed E-state index contributed by atoms with van der Waals surface area (Å²) in [6.45, 7) is 5.35. The van der Waals surface area contributed by atoms with Gasteiger partial charge in [0, 0.05) is 26.2 Å². The number of unbranched alkanes of at least 4 members (excludes halogenated alkanes) is 1. The first kappa shape index (κ1) is 13.4. The van der Waals surface area contributed by atoms with Crippen molar-refractivity contribution in [2.75, 3.05) is 32.7 Å². The summed E-state index contributed by atoms with van der Waals surface area (Å²) < 4.78 is 26.3. The van der Waals surface area contributed by atoms with Crippen LogP contribution in [0.4, 0.5) is 8.78 Å². The number of nitrogens with one attached hydrogen (secondary N) is 1. The second kappa shape index (κ2) is 6.81. The third kappa shape index (κ3) is 4.03. The highest BCUT2D eigenvalue weighted by atomic mass is 19.1. The molecule has 1 aliphatic heterocycles. The van der Waals surface area contributed by atoms with Crippen molar-refractivity contribution in [3.63, 3.8) is 0 Å². The molecule has 0 atom stereocenters. The SMILES string of the molecule is Fc1ccc(F)c(CCCCN2CCNCC2)c1. The van der Waals surface area contributed by atoms with E-state index in [1.54, 1.807) is 0 Å². The number of halogens is 2. The number of aryl methyl sites for hydroxylation is 1. The van der Waals surface area contributed by atoms with E-state index in [0.717, 1.165) is 45.6 Å². The number of benzene rings is 1. The molecule has 1 aromatic rings. The van der Waals surface area contributed by atoms with Gasteiger partial charge in [-0.25, -0.2) is 8.78 Å². The van der Waals surface area contributed by atoms with Crippen molar-refractivity contribution in [2.24, 2.45) is 0 Å². The Kier molecular flexibility index (Phi) is 5.08. The van der Waals surface area contributed by atoms with Crippen LogP contribution >= 0.6 is 0 Å². The Bertz CT molecular complexity index is 376. The molecule has 0 bridgehead atoms. The lowest BCUT2D eigenvalue weighted by atomic mass is 10.1. The van der Waals surface area contributed by atoms with Gasteiger partial charge >= 0.3 is 0 Å². The Morgan fingerprint density at radius 1 is 1.11 bits per heavy atom. The summed E-state index contributed by atoms with van der Waals surface area (Å²) in [7, 11) is 0. The fourth-order valence-corrected chi connectivity index (χ4v) is 2.32. The molecule has 1 aromatic carbocycles. The molecule has 0 unspecified atom stereocenters. The number of piperazine rings is 1. The van der Waals surface area contributed by atoms with Gasteiger partial charge in [-0.1, -0.05) is 0 Å². The van der Waals surface area contributed by atoms with Gasteiger partial charge in [0.1, 0.15) is 11.6 Å². The van der Waals surface area contributed by atoms with Crippen molar-refractivity contribution >= 4 is 0 Å². The highest BCUT2D eigenvalue weighted by Crippen LogP contribution is 2.13. The average Bonchev–Trinajstić information content (AvgIpc) is 2.40. The lowest BCUT2D eigenvalue weighted by Gasteiger charge is -2.27. The van der Waals surface area contributed by atoms with Crippen LogP contribution in [0.1, 0.15) is 18.4 Å². The molecule has 4 heteroatoms. The highest BCUT2D eigenvalue weighted by Gasteiger charge is 2.09.